The normalized spacial score (nSPS) is 24.5. The molecule has 4 N–H and O–H groups in total. The van der Waals surface area contributed by atoms with E-state index in [-0.39, 0.29) is 24.8 Å². The third kappa shape index (κ3) is 5.61. The minimum Gasteiger partial charge on any atom is -0.480 e. The van der Waals surface area contributed by atoms with E-state index < -0.39 is 35.8 Å². The van der Waals surface area contributed by atoms with Crippen LogP contribution in [-0.2, 0) is 25.6 Å². The van der Waals surface area contributed by atoms with Gasteiger partial charge in [0.05, 0.1) is 5.92 Å². The Morgan fingerprint density at radius 3 is 2.39 bits per heavy atom. The molecular weight excluding hydrogens is 402 g/mol. The van der Waals surface area contributed by atoms with Gasteiger partial charge in [0.25, 0.3) is 0 Å². The Labute approximate surface area is 180 Å². The van der Waals surface area contributed by atoms with Gasteiger partial charge in [0.2, 0.25) is 17.7 Å². The van der Waals surface area contributed by atoms with Gasteiger partial charge in [0, 0.05) is 12.5 Å². The number of piperidine rings is 1. The first kappa shape index (κ1) is 22.7. The zero-order chi connectivity index (χ0) is 22.4. The maximum Gasteiger partial charge on any atom is 0.326 e. The van der Waals surface area contributed by atoms with Crippen molar-refractivity contribution in [2.24, 2.45) is 5.92 Å². The van der Waals surface area contributed by atoms with Crippen molar-refractivity contribution >= 4 is 23.7 Å². The summed E-state index contributed by atoms with van der Waals surface area (Å²) in [5.74, 6) is -3.32. The summed E-state index contributed by atoms with van der Waals surface area (Å²) in [6.07, 6.45) is 3.81. The van der Waals surface area contributed by atoms with Crippen LogP contribution in [0.3, 0.4) is 0 Å². The van der Waals surface area contributed by atoms with Crippen molar-refractivity contribution in [1.82, 2.24) is 15.7 Å². The number of nitrogens with one attached hydrogen (secondary N) is 2. The number of carbonyl (C=O) groups excluding carboxylic acids is 3. The third-order valence-corrected chi connectivity index (χ3v) is 6.18. The average Bonchev–Trinajstić information content (AvgIpc) is 2.92. The molecule has 2 fully saturated rings. The van der Waals surface area contributed by atoms with Crippen molar-refractivity contribution in [1.29, 1.82) is 0 Å². The predicted molar refractivity (Wildman–Crippen MR) is 110 cm³/mol. The van der Waals surface area contributed by atoms with Crippen LogP contribution in [0.25, 0.3) is 0 Å². The van der Waals surface area contributed by atoms with E-state index in [4.69, 9.17) is 5.21 Å². The number of rotatable bonds is 7. The molecule has 0 aliphatic carbocycles. The summed E-state index contributed by atoms with van der Waals surface area (Å²) in [5.41, 5.74) is 2.40. The average molecular weight is 431 g/mol. The molecule has 2 heterocycles. The Kier molecular flexibility index (Phi) is 7.62. The van der Waals surface area contributed by atoms with Gasteiger partial charge < -0.3 is 15.3 Å². The number of carbonyl (C=O) groups is 4. The van der Waals surface area contributed by atoms with Gasteiger partial charge in [-0.15, -0.1) is 0 Å². The molecule has 9 nitrogen and oxygen atoms in total. The summed E-state index contributed by atoms with van der Waals surface area (Å²) < 4.78 is 0. The van der Waals surface area contributed by atoms with Gasteiger partial charge in [0.15, 0.2) is 0 Å². The summed E-state index contributed by atoms with van der Waals surface area (Å²) in [6, 6.07) is 7.35. The third-order valence-electron chi connectivity index (χ3n) is 6.18. The van der Waals surface area contributed by atoms with Crippen molar-refractivity contribution in [3.05, 3.63) is 35.9 Å². The molecule has 31 heavy (non-hydrogen) atoms. The maximum atomic E-state index is 13.2. The largest absolute Gasteiger partial charge is 0.480 e. The van der Waals surface area contributed by atoms with Crippen molar-refractivity contribution in [3.8, 4) is 0 Å². The Morgan fingerprint density at radius 2 is 1.74 bits per heavy atom. The Morgan fingerprint density at radius 1 is 1.06 bits per heavy atom. The zero-order valence-corrected chi connectivity index (χ0v) is 17.3. The lowest BCUT2D eigenvalue weighted by Crippen LogP contribution is -2.58. The second kappa shape index (κ2) is 10.4. The quantitative estimate of drug-likeness (QED) is 0.379. The summed E-state index contributed by atoms with van der Waals surface area (Å²) in [4.78, 5) is 51.2. The van der Waals surface area contributed by atoms with Gasteiger partial charge in [0.1, 0.15) is 12.1 Å². The number of amides is 3. The van der Waals surface area contributed by atoms with E-state index in [0.29, 0.717) is 25.7 Å². The maximum absolute atomic E-state index is 13.2. The highest BCUT2D eigenvalue weighted by Crippen LogP contribution is 2.30. The molecular formula is C22H29N3O6. The molecule has 0 bridgehead atoms. The van der Waals surface area contributed by atoms with E-state index in [2.05, 4.69) is 5.32 Å². The molecule has 2 saturated heterocycles. The highest BCUT2D eigenvalue weighted by atomic mass is 16.5. The number of carboxylic acid groups (broad SMARTS) is 1. The van der Waals surface area contributed by atoms with E-state index in [1.54, 1.807) is 5.48 Å². The molecule has 9 heteroatoms. The molecule has 0 aromatic heterocycles. The Balaban J connectivity index is 1.75. The molecule has 168 valence electrons. The van der Waals surface area contributed by atoms with Gasteiger partial charge in [-0.1, -0.05) is 30.3 Å². The van der Waals surface area contributed by atoms with Crippen LogP contribution in [0.15, 0.2) is 30.3 Å². The number of nitrogens with zero attached hydrogens (tertiary/aromatic N) is 1. The predicted octanol–water partition coefficient (Wildman–Crippen LogP) is 1.24. The topological polar surface area (TPSA) is 136 Å². The first-order chi connectivity index (χ1) is 14.9. The van der Waals surface area contributed by atoms with E-state index in [1.165, 1.54) is 4.90 Å². The lowest BCUT2D eigenvalue weighted by atomic mass is 9.93. The second-order valence-electron chi connectivity index (χ2n) is 8.30. The monoisotopic (exact) mass is 431 g/mol. The highest BCUT2D eigenvalue weighted by Gasteiger charge is 2.43. The first-order valence-corrected chi connectivity index (χ1v) is 10.7. The lowest BCUT2D eigenvalue weighted by molar-refractivity contribution is -0.156. The molecule has 2 unspecified atom stereocenters. The lowest BCUT2D eigenvalue weighted by Gasteiger charge is -2.40. The van der Waals surface area contributed by atoms with Gasteiger partial charge in [-0.2, -0.15) is 0 Å². The number of carboxylic acids is 1. The Hall–Kier alpha value is -2.94. The van der Waals surface area contributed by atoms with Crippen molar-refractivity contribution < 1.29 is 29.5 Å². The van der Waals surface area contributed by atoms with Gasteiger partial charge >= 0.3 is 5.97 Å². The van der Waals surface area contributed by atoms with Crippen LogP contribution in [0.4, 0.5) is 0 Å². The van der Waals surface area contributed by atoms with Crippen LogP contribution in [0, 0.1) is 5.92 Å². The minimum atomic E-state index is -1.02. The van der Waals surface area contributed by atoms with Crippen molar-refractivity contribution in [2.45, 2.75) is 69.5 Å². The van der Waals surface area contributed by atoms with Crippen LogP contribution in [0.2, 0.25) is 0 Å². The molecule has 0 spiro atoms. The van der Waals surface area contributed by atoms with Crippen molar-refractivity contribution in [3.63, 3.8) is 0 Å². The fraction of sp³-hybridized carbons (Fsp3) is 0.545. The van der Waals surface area contributed by atoms with Crippen LogP contribution < -0.4 is 10.8 Å². The number of fused-ring (bicyclic) bond motifs is 1. The smallest absolute Gasteiger partial charge is 0.326 e. The van der Waals surface area contributed by atoms with Crippen molar-refractivity contribution in [2.75, 3.05) is 0 Å². The van der Waals surface area contributed by atoms with E-state index >= 15 is 0 Å². The fourth-order valence-electron chi connectivity index (χ4n) is 4.65. The molecule has 1 aromatic carbocycles. The summed E-state index contributed by atoms with van der Waals surface area (Å²) in [7, 11) is 0. The molecule has 2 aliphatic rings. The first-order valence-electron chi connectivity index (χ1n) is 10.7. The standard InChI is InChI=1S/C22H29N3O6/c26-19(24-31)13-15(12-14-6-2-1-3-7-14)20(27)23-17-10-4-8-16-9-5-11-18(22(29)30)25(16)21(17)28/h1-3,6-7,15-18,31H,4-5,8-13H2,(H,23,27)(H,24,26)(H,29,30)/t15?,16?,17-,18-/m0/s1. The van der Waals surface area contributed by atoms with Crippen LogP contribution in [0.1, 0.15) is 50.5 Å². The number of hydrogen-bond donors (Lipinski definition) is 4. The van der Waals surface area contributed by atoms with Crippen LogP contribution in [0.5, 0.6) is 0 Å². The zero-order valence-electron chi connectivity index (χ0n) is 17.3. The van der Waals surface area contributed by atoms with Gasteiger partial charge in [-0.25, -0.2) is 10.3 Å². The fourth-order valence-corrected chi connectivity index (χ4v) is 4.65. The molecule has 0 radical (unpaired) electrons. The number of hydroxylamine groups is 1. The second-order valence-corrected chi connectivity index (χ2v) is 8.30. The molecule has 0 saturated carbocycles. The van der Waals surface area contributed by atoms with E-state index in [9.17, 15) is 24.3 Å². The molecule has 1 aromatic rings. The van der Waals surface area contributed by atoms with Crippen LogP contribution in [-0.4, -0.2) is 57.0 Å². The summed E-state index contributed by atoms with van der Waals surface area (Å²) in [5, 5.41) is 21.2. The Bertz CT molecular complexity index is 815. The van der Waals surface area contributed by atoms with Crippen LogP contribution >= 0.6 is 0 Å². The summed E-state index contributed by atoms with van der Waals surface area (Å²) in [6.45, 7) is 0. The van der Waals surface area contributed by atoms with Gasteiger partial charge in [-0.3, -0.25) is 19.6 Å². The number of aliphatic carboxylic acids is 1. The molecule has 3 amide bonds. The minimum absolute atomic E-state index is 0.121. The number of benzene rings is 1. The van der Waals surface area contributed by atoms with Gasteiger partial charge in [-0.05, 0) is 50.5 Å². The van der Waals surface area contributed by atoms with E-state index in [0.717, 1.165) is 18.4 Å². The highest BCUT2D eigenvalue weighted by molar-refractivity contribution is 5.92. The van der Waals surface area contributed by atoms with E-state index in [1.807, 2.05) is 30.3 Å². The summed E-state index contributed by atoms with van der Waals surface area (Å²) >= 11 is 0. The SMILES string of the molecule is O=C(CC(Cc1ccccc1)C(=O)N[C@H]1CCCC2CCC[C@@H](C(=O)O)N2C1=O)NO. The molecule has 4 atom stereocenters. The molecule has 2 aliphatic heterocycles. The number of hydrogen-bond acceptors (Lipinski definition) is 5. The molecule has 3 rings (SSSR count).